The first-order chi connectivity index (χ1) is 10.6. The Morgan fingerprint density at radius 1 is 1.14 bits per heavy atom. The fourth-order valence-corrected chi connectivity index (χ4v) is 3.02. The van der Waals surface area contributed by atoms with Crippen LogP contribution in [0, 0.1) is 11.3 Å². The van der Waals surface area contributed by atoms with E-state index in [-0.39, 0.29) is 11.8 Å². The van der Waals surface area contributed by atoms with Crippen molar-refractivity contribution >= 4 is 17.4 Å². The van der Waals surface area contributed by atoms with Crippen LogP contribution < -0.4 is 16.2 Å². The first kappa shape index (κ1) is 14.4. The molecule has 0 aromatic heterocycles. The number of hydrogen-bond acceptors (Lipinski definition) is 5. The van der Waals surface area contributed by atoms with Gasteiger partial charge in [-0.2, -0.15) is 5.26 Å². The van der Waals surface area contributed by atoms with E-state index in [0.29, 0.717) is 17.0 Å². The van der Waals surface area contributed by atoms with Gasteiger partial charge in [-0.05, 0) is 30.0 Å². The second-order valence-electron chi connectivity index (χ2n) is 5.00. The second-order valence-corrected chi connectivity index (χ2v) is 5.87. The fourth-order valence-electron chi connectivity index (χ4n) is 2.61. The third-order valence-electron chi connectivity index (χ3n) is 3.69. The molecule has 4 nitrogen and oxygen atoms in total. The highest BCUT2D eigenvalue weighted by Crippen LogP contribution is 2.42. The molecule has 1 aliphatic heterocycles. The summed E-state index contributed by atoms with van der Waals surface area (Å²) in [6.07, 6.45) is 2.03. The monoisotopic (exact) mass is 309 g/mol. The van der Waals surface area contributed by atoms with Gasteiger partial charge in [0.15, 0.2) is 0 Å². The van der Waals surface area contributed by atoms with Gasteiger partial charge in [0, 0.05) is 22.2 Å². The molecule has 0 saturated heterocycles. The molecule has 1 heterocycles. The van der Waals surface area contributed by atoms with E-state index in [2.05, 4.69) is 6.07 Å². The predicted octanol–water partition coefficient (Wildman–Crippen LogP) is 3.21. The number of benzene rings is 2. The van der Waals surface area contributed by atoms with Crippen LogP contribution in [0.3, 0.4) is 0 Å². The largest absolute Gasteiger partial charge is 0.440 e. The number of thioether (sulfide) groups is 1. The molecule has 5 heteroatoms. The lowest BCUT2D eigenvalue weighted by atomic mass is 9.83. The van der Waals surface area contributed by atoms with Crippen LogP contribution >= 0.6 is 11.8 Å². The van der Waals surface area contributed by atoms with Crippen molar-refractivity contribution in [2.24, 2.45) is 5.73 Å². The van der Waals surface area contributed by atoms with Gasteiger partial charge in [-0.1, -0.05) is 18.2 Å². The molecule has 0 spiro atoms. The molecule has 4 N–H and O–H groups in total. The van der Waals surface area contributed by atoms with E-state index in [1.54, 1.807) is 17.8 Å². The van der Waals surface area contributed by atoms with Crippen LogP contribution in [-0.4, -0.2) is 6.26 Å². The average molecular weight is 309 g/mol. The molecule has 2 aromatic rings. The molecule has 0 fully saturated rings. The Morgan fingerprint density at radius 2 is 1.86 bits per heavy atom. The van der Waals surface area contributed by atoms with Gasteiger partial charge in [-0.3, -0.25) is 0 Å². The van der Waals surface area contributed by atoms with Crippen LogP contribution in [0.1, 0.15) is 17.0 Å². The number of nitrogens with zero attached hydrogens (tertiary/aromatic N) is 1. The number of fused-ring (bicyclic) bond motifs is 1. The molecule has 0 saturated carbocycles. The standard InChI is InChI=1S/C17H15N3OS/c1-22-12-5-2-10(3-6-12)16-13-7-4-11(19)8-15(13)21-17(20)14(16)9-18/h2-8,16H,19-20H2,1H3/t16-/m0/s1. The van der Waals surface area contributed by atoms with Gasteiger partial charge >= 0.3 is 0 Å². The molecule has 1 atom stereocenters. The van der Waals surface area contributed by atoms with Crippen molar-refractivity contribution in [1.29, 1.82) is 5.26 Å². The Labute approximate surface area is 133 Å². The van der Waals surface area contributed by atoms with Crippen molar-refractivity contribution in [3.05, 3.63) is 65.0 Å². The molecule has 0 unspecified atom stereocenters. The smallest absolute Gasteiger partial charge is 0.205 e. The zero-order chi connectivity index (χ0) is 15.7. The van der Waals surface area contributed by atoms with Gasteiger partial charge in [0.1, 0.15) is 17.4 Å². The Morgan fingerprint density at radius 3 is 2.50 bits per heavy atom. The SMILES string of the molecule is CSc1ccc([C@@H]2C(C#N)=C(N)Oc3cc(N)ccc32)cc1. The molecule has 0 bridgehead atoms. The number of hydrogen-bond donors (Lipinski definition) is 2. The van der Waals surface area contributed by atoms with E-state index in [0.717, 1.165) is 11.1 Å². The normalized spacial score (nSPS) is 16.6. The van der Waals surface area contributed by atoms with Gasteiger partial charge in [-0.15, -0.1) is 11.8 Å². The van der Waals surface area contributed by atoms with Crippen molar-refractivity contribution in [3.8, 4) is 11.8 Å². The number of anilines is 1. The van der Waals surface area contributed by atoms with E-state index in [1.165, 1.54) is 4.90 Å². The maximum absolute atomic E-state index is 9.48. The summed E-state index contributed by atoms with van der Waals surface area (Å²) in [5.41, 5.74) is 14.7. The molecular weight excluding hydrogens is 294 g/mol. The number of nitriles is 1. The molecule has 110 valence electrons. The van der Waals surface area contributed by atoms with Crippen LogP contribution in [0.2, 0.25) is 0 Å². The van der Waals surface area contributed by atoms with Crippen molar-refractivity contribution in [2.45, 2.75) is 10.8 Å². The quantitative estimate of drug-likeness (QED) is 0.657. The lowest BCUT2D eigenvalue weighted by Gasteiger charge is -2.26. The minimum absolute atomic E-state index is 0.138. The van der Waals surface area contributed by atoms with Gasteiger partial charge in [-0.25, -0.2) is 0 Å². The number of allylic oxidation sites excluding steroid dienone is 1. The highest BCUT2D eigenvalue weighted by Gasteiger charge is 2.30. The summed E-state index contributed by atoms with van der Waals surface area (Å²) in [5.74, 6) is 0.514. The molecule has 0 radical (unpaired) electrons. The third kappa shape index (κ3) is 2.38. The van der Waals surface area contributed by atoms with Gasteiger partial charge in [0.25, 0.3) is 0 Å². The molecule has 1 aliphatic rings. The first-order valence-electron chi connectivity index (χ1n) is 6.75. The minimum atomic E-state index is -0.231. The summed E-state index contributed by atoms with van der Waals surface area (Å²) in [4.78, 5) is 1.17. The topological polar surface area (TPSA) is 85.1 Å². The summed E-state index contributed by atoms with van der Waals surface area (Å²) >= 11 is 1.68. The van der Waals surface area contributed by atoms with E-state index >= 15 is 0 Å². The molecule has 0 amide bonds. The van der Waals surface area contributed by atoms with Crippen molar-refractivity contribution in [2.75, 3.05) is 12.0 Å². The van der Waals surface area contributed by atoms with Crippen LogP contribution in [0.5, 0.6) is 5.75 Å². The number of nitrogens with two attached hydrogens (primary N) is 2. The number of ether oxygens (including phenoxy) is 1. The Bertz CT molecular complexity index is 791. The maximum Gasteiger partial charge on any atom is 0.205 e. The minimum Gasteiger partial charge on any atom is -0.440 e. The van der Waals surface area contributed by atoms with Crippen LogP contribution in [-0.2, 0) is 0 Å². The Kier molecular flexibility index (Phi) is 3.70. The van der Waals surface area contributed by atoms with E-state index in [9.17, 15) is 5.26 Å². The summed E-state index contributed by atoms with van der Waals surface area (Å²) in [6, 6.07) is 15.7. The zero-order valence-corrected chi connectivity index (χ0v) is 12.9. The molecular formula is C17H15N3OS. The highest BCUT2D eigenvalue weighted by molar-refractivity contribution is 7.98. The molecule has 22 heavy (non-hydrogen) atoms. The summed E-state index contributed by atoms with van der Waals surface area (Å²) in [7, 11) is 0. The van der Waals surface area contributed by atoms with Crippen LogP contribution in [0.25, 0.3) is 0 Å². The van der Waals surface area contributed by atoms with E-state index in [1.807, 2.05) is 42.7 Å². The average Bonchev–Trinajstić information content (AvgIpc) is 2.53. The van der Waals surface area contributed by atoms with Crippen molar-refractivity contribution < 1.29 is 4.74 Å². The highest BCUT2D eigenvalue weighted by atomic mass is 32.2. The van der Waals surface area contributed by atoms with E-state index < -0.39 is 0 Å². The second kappa shape index (κ2) is 5.66. The number of rotatable bonds is 2. The van der Waals surface area contributed by atoms with Gasteiger partial charge in [0.05, 0.1) is 5.92 Å². The maximum atomic E-state index is 9.48. The Hall–Kier alpha value is -2.58. The van der Waals surface area contributed by atoms with Crippen molar-refractivity contribution in [1.82, 2.24) is 0 Å². The molecule has 0 aliphatic carbocycles. The fraction of sp³-hybridized carbons (Fsp3) is 0.118. The summed E-state index contributed by atoms with van der Waals surface area (Å²) < 4.78 is 5.56. The zero-order valence-electron chi connectivity index (χ0n) is 12.0. The summed E-state index contributed by atoms with van der Waals surface area (Å²) in [5, 5.41) is 9.48. The molecule has 2 aromatic carbocycles. The summed E-state index contributed by atoms with van der Waals surface area (Å²) in [6.45, 7) is 0. The number of nitrogen functional groups attached to an aromatic ring is 1. The lowest BCUT2D eigenvalue weighted by molar-refractivity contribution is 0.394. The predicted molar refractivity (Wildman–Crippen MR) is 88.4 cm³/mol. The van der Waals surface area contributed by atoms with E-state index in [4.69, 9.17) is 16.2 Å². The van der Waals surface area contributed by atoms with Crippen LogP contribution in [0.4, 0.5) is 5.69 Å². The van der Waals surface area contributed by atoms with Gasteiger partial charge in [0.2, 0.25) is 5.88 Å². The van der Waals surface area contributed by atoms with Gasteiger partial charge < -0.3 is 16.2 Å². The third-order valence-corrected chi connectivity index (χ3v) is 4.44. The van der Waals surface area contributed by atoms with Crippen LogP contribution in [0.15, 0.2) is 58.8 Å². The Balaban J connectivity index is 2.16. The van der Waals surface area contributed by atoms with Crippen molar-refractivity contribution in [3.63, 3.8) is 0 Å². The first-order valence-corrected chi connectivity index (χ1v) is 7.97. The molecule has 3 rings (SSSR count). The lowest BCUT2D eigenvalue weighted by Crippen LogP contribution is -2.21.